The maximum Gasteiger partial charge on any atom is 0.261 e. The van der Waals surface area contributed by atoms with E-state index in [0.717, 1.165) is 9.13 Å². The van der Waals surface area contributed by atoms with Gasteiger partial charge in [-0.15, -0.1) is 0 Å². The molecular weight excluding hydrogens is 503 g/mol. The SMILES string of the molecule is CC(C)CNC(=O)[C@H](C)N(Cc1ccc(Cl)cc1)C(=O)COc1ccc(I)cc1. The molecule has 0 radical (unpaired) electrons. The summed E-state index contributed by atoms with van der Waals surface area (Å²) in [5.74, 6) is 0.499. The molecule has 0 aliphatic heterocycles. The minimum atomic E-state index is -0.628. The summed E-state index contributed by atoms with van der Waals surface area (Å²) in [5.41, 5.74) is 0.889. The summed E-state index contributed by atoms with van der Waals surface area (Å²) in [6.07, 6.45) is 0. The van der Waals surface area contributed by atoms with Gasteiger partial charge in [0.2, 0.25) is 5.91 Å². The zero-order valence-corrected chi connectivity index (χ0v) is 19.7. The summed E-state index contributed by atoms with van der Waals surface area (Å²) in [7, 11) is 0. The van der Waals surface area contributed by atoms with Crippen LogP contribution in [0, 0.1) is 9.49 Å². The first kappa shape index (κ1) is 23.5. The van der Waals surface area contributed by atoms with Crippen LogP contribution in [0.5, 0.6) is 5.75 Å². The van der Waals surface area contributed by atoms with Crippen LogP contribution in [0.25, 0.3) is 0 Å². The monoisotopic (exact) mass is 528 g/mol. The Labute approximate surface area is 190 Å². The van der Waals surface area contributed by atoms with Crippen molar-refractivity contribution < 1.29 is 14.3 Å². The van der Waals surface area contributed by atoms with Gasteiger partial charge in [-0.1, -0.05) is 37.6 Å². The second kappa shape index (κ2) is 11.4. The van der Waals surface area contributed by atoms with Gasteiger partial charge in [-0.05, 0) is 77.4 Å². The van der Waals surface area contributed by atoms with Gasteiger partial charge in [0.25, 0.3) is 5.91 Å². The fourth-order valence-electron chi connectivity index (χ4n) is 2.58. The van der Waals surface area contributed by atoms with E-state index in [2.05, 4.69) is 27.9 Å². The zero-order chi connectivity index (χ0) is 21.4. The smallest absolute Gasteiger partial charge is 0.261 e. The highest BCUT2D eigenvalue weighted by atomic mass is 127. The first-order valence-electron chi connectivity index (χ1n) is 9.46. The normalized spacial score (nSPS) is 11.8. The molecule has 0 aliphatic rings. The minimum absolute atomic E-state index is 0.143. The Balaban J connectivity index is 2.10. The molecule has 0 spiro atoms. The molecule has 2 aromatic rings. The van der Waals surface area contributed by atoms with Gasteiger partial charge in [-0.2, -0.15) is 0 Å². The molecule has 156 valence electrons. The van der Waals surface area contributed by atoms with Gasteiger partial charge in [-0.3, -0.25) is 9.59 Å². The maximum atomic E-state index is 12.9. The van der Waals surface area contributed by atoms with E-state index < -0.39 is 6.04 Å². The van der Waals surface area contributed by atoms with Crippen molar-refractivity contribution in [2.45, 2.75) is 33.4 Å². The molecular formula is C22H26ClIN2O3. The highest BCUT2D eigenvalue weighted by Crippen LogP contribution is 2.16. The highest BCUT2D eigenvalue weighted by molar-refractivity contribution is 14.1. The molecule has 1 atom stereocenters. The third-order valence-corrected chi connectivity index (χ3v) is 5.27. The molecule has 0 fully saturated rings. The van der Waals surface area contributed by atoms with Gasteiger partial charge in [0.1, 0.15) is 11.8 Å². The number of benzene rings is 2. The number of ether oxygens (including phenoxy) is 1. The minimum Gasteiger partial charge on any atom is -0.484 e. The standard InChI is InChI=1S/C22H26ClIN2O3/c1-15(2)12-25-22(28)16(3)26(13-17-4-6-18(23)7-5-17)21(27)14-29-20-10-8-19(24)9-11-20/h4-11,15-16H,12-14H2,1-3H3,(H,25,28)/t16-/m0/s1. The molecule has 7 heteroatoms. The van der Waals surface area contributed by atoms with Crippen molar-refractivity contribution in [1.29, 1.82) is 0 Å². The number of hydrogen-bond donors (Lipinski definition) is 1. The Morgan fingerprint density at radius 2 is 1.69 bits per heavy atom. The van der Waals surface area contributed by atoms with E-state index in [9.17, 15) is 9.59 Å². The first-order valence-corrected chi connectivity index (χ1v) is 10.9. The Hall–Kier alpha value is -1.80. The molecule has 0 unspecified atom stereocenters. The number of nitrogens with one attached hydrogen (secondary N) is 1. The average molecular weight is 529 g/mol. The highest BCUT2D eigenvalue weighted by Gasteiger charge is 2.26. The van der Waals surface area contributed by atoms with E-state index in [1.165, 1.54) is 4.90 Å². The summed E-state index contributed by atoms with van der Waals surface area (Å²) in [6, 6.07) is 14.1. The first-order chi connectivity index (χ1) is 13.8. The van der Waals surface area contributed by atoms with Crippen molar-refractivity contribution in [2.24, 2.45) is 5.92 Å². The Morgan fingerprint density at radius 1 is 1.07 bits per heavy atom. The molecule has 1 N–H and O–H groups in total. The summed E-state index contributed by atoms with van der Waals surface area (Å²) < 4.78 is 6.73. The summed E-state index contributed by atoms with van der Waals surface area (Å²) in [4.78, 5) is 27.0. The van der Waals surface area contributed by atoms with Gasteiger partial charge < -0.3 is 15.0 Å². The lowest BCUT2D eigenvalue weighted by Crippen LogP contribution is -2.49. The number of rotatable bonds is 9. The number of carbonyl (C=O) groups is 2. The summed E-state index contributed by atoms with van der Waals surface area (Å²) in [5, 5.41) is 3.52. The van der Waals surface area contributed by atoms with E-state index in [1.54, 1.807) is 19.1 Å². The fourth-order valence-corrected chi connectivity index (χ4v) is 3.07. The van der Waals surface area contributed by atoms with Crippen molar-refractivity contribution in [1.82, 2.24) is 10.2 Å². The summed E-state index contributed by atoms with van der Waals surface area (Å²) >= 11 is 8.17. The van der Waals surface area contributed by atoms with Crippen LogP contribution in [0.3, 0.4) is 0 Å². The predicted octanol–water partition coefficient (Wildman–Crippen LogP) is 4.51. The summed E-state index contributed by atoms with van der Waals surface area (Å²) in [6.45, 7) is 6.49. The van der Waals surface area contributed by atoms with Crippen molar-refractivity contribution in [2.75, 3.05) is 13.2 Å². The number of halogens is 2. The largest absolute Gasteiger partial charge is 0.484 e. The molecule has 0 saturated carbocycles. The van der Waals surface area contributed by atoms with Crippen molar-refractivity contribution >= 4 is 46.0 Å². The number of carbonyl (C=O) groups excluding carboxylic acids is 2. The second-order valence-corrected chi connectivity index (χ2v) is 8.89. The van der Waals surface area contributed by atoms with Crippen LogP contribution < -0.4 is 10.1 Å². The number of nitrogens with zero attached hydrogens (tertiary/aromatic N) is 1. The van der Waals surface area contributed by atoms with Crippen molar-refractivity contribution in [3.8, 4) is 5.75 Å². The molecule has 0 bridgehead atoms. The molecule has 0 aromatic heterocycles. The van der Waals surface area contributed by atoms with Crippen LogP contribution >= 0.6 is 34.2 Å². The van der Waals surface area contributed by atoms with Gasteiger partial charge >= 0.3 is 0 Å². The molecule has 2 rings (SSSR count). The molecule has 0 heterocycles. The van der Waals surface area contributed by atoms with Crippen LogP contribution in [-0.4, -0.2) is 35.9 Å². The van der Waals surface area contributed by atoms with E-state index in [-0.39, 0.29) is 18.4 Å². The maximum absolute atomic E-state index is 12.9. The number of hydrogen-bond acceptors (Lipinski definition) is 3. The van der Waals surface area contributed by atoms with E-state index in [4.69, 9.17) is 16.3 Å². The predicted molar refractivity (Wildman–Crippen MR) is 124 cm³/mol. The quantitative estimate of drug-likeness (QED) is 0.487. The van der Waals surface area contributed by atoms with E-state index in [1.807, 2.05) is 50.2 Å². The van der Waals surface area contributed by atoms with Crippen molar-refractivity contribution in [3.05, 3.63) is 62.7 Å². The van der Waals surface area contributed by atoms with Gasteiger partial charge in [0, 0.05) is 21.7 Å². The van der Waals surface area contributed by atoms with E-state index in [0.29, 0.717) is 29.8 Å². The molecule has 0 aliphatic carbocycles. The molecule has 5 nitrogen and oxygen atoms in total. The molecule has 29 heavy (non-hydrogen) atoms. The van der Waals surface area contributed by atoms with Gasteiger partial charge in [0.05, 0.1) is 0 Å². The van der Waals surface area contributed by atoms with Crippen LogP contribution in [0.1, 0.15) is 26.3 Å². The zero-order valence-electron chi connectivity index (χ0n) is 16.8. The average Bonchev–Trinajstić information content (AvgIpc) is 2.70. The van der Waals surface area contributed by atoms with Gasteiger partial charge in [0.15, 0.2) is 6.61 Å². The lowest BCUT2D eigenvalue weighted by Gasteiger charge is -2.29. The number of amides is 2. The van der Waals surface area contributed by atoms with Crippen molar-refractivity contribution in [3.63, 3.8) is 0 Å². The van der Waals surface area contributed by atoms with Crippen LogP contribution in [0.15, 0.2) is 48.5 Å². The Kier molecular flexibility index (Phi) is 9.23. The van der Waals surface area contributed by atoms with E-state index >= 15 is 0 Å². The lowest BCUT2D eigenvalue weighted by molar-refractivity contribution is -0.142. The lowest BCUT2D eigenvalue weighted by atomic mass is 10.1. The van der Waals surface area contributed by atoms with Gasteiger partial charge in [-0.25, -0.2) is 0 Å². The molecule has 2 aromatic carbocycles. The Bertz CT molecular complexity index is 810. The van der Waals surface area contributed by atoms with Crippen LogP contribution in [0.4, 0.5) is 0 Å². The van der Waals surface area contributed by atoms with Crippen LogP contribution in [0.2, 0.25) is 5.02 Å². The molecule has 0 saturated heterocycles. The Morgan fingerprint density at radius 3 is 2.28 bits per heavy atom. The second-order valence-electron chi connectivity index (χ2n) is 7.21. The third kappa shape index (κ3) is 7.85. The third-order valence-electron chi connectivity index (χ3n) is 4.29. The van der Waals surface area contributed by atoms with Crippen LogP contribution in [-0.2, 0) is 16.1 Å². The molecule has 2 amide bonds. The topological polar surface area (TPSA) is 58.6 Å². The fraction of sp³-hybridized carbons (Fsp3) is 0.364.